The minimum Gasteiger partial charge on any atom is -0.467 e. The first-order valence-corrected chi connectivity index (χ1v) is 10.7. The molecule has 0 aromatic heterocycles. The van der Waals surface area contributed by atoms with Gasteiger partial charge in [0.15, 0.2) is 0 Å². The van der Waals surface area contributed by atoms with Crippen molar-refractivity contribution < 1.29 is 14.3 Å². The molecule has 0 heterocycles. The Hall–Kier alpha value is -1.69. The molecule has 0 saturated heterocycles. The van der Waals surface area contributed by atoms with Crippen molar-refractivity contribution in [3.8, 4) is 0 Å². The number of para-hydroxylation sites is 1. The topological polar surface area (TPSA) is 67.4 Å². The van der Waals surface area contributed by atoms with Gasteiger partial charge in [0.05, 0.1) is 7.11 Å². The van der Waals surface area contributed by atoms with Crippen LogP contribution in [0.2, 0.25) is 0 Å². The Kier molecular flexibility index (Phi) is 8.81. The van der Waals surface area contributed by atoms with Gasteiger partial charge in [0.2, 0.25) is 5.91 Å². The molecule has 6 heteroatoms. The lowest BCUT2D eigenvalue weighted by Crippen LogP contribution is -2.51. The number of carbonyl (C=O) groups is 2. The van der Waals surface area contributed by atoms with Gasteiger partial charge in [0, 0.05) is 5.69 Å². The molecule has 2 N–H and O–H groups in total. The van der Waals surface area contributed by atoms with Crippen molar-refractivity contribution in [2.75, 3.05) is 24.4 Å². The second kappa shape index (κ2) is 11.1. The maximum absolute atomic E-state index is 13.1. The van der Waals surface area contributed by atoms with Gasteiger partial charge in [-0.2, -0.15) is 11.8 Å². The van der Waals surface area contributed by atoms with Gasteiger partial charge < -0.3 is 15.4 Å². The Bertz CT molecular complexity index is 561. The lowest BCUT2D eigenvalue weighted by atomic mass is 9.83. The van der Waals surface area contributed by atoms with Crippen LogP contribution in [0.15, 0.2) is 30.3 Å². The zero-order valence-electron chi connectivity index (χ0n) is 15.7. The molecule has 26 heavy (non-hydrogen) atoms. The van der Waals surface area contributed by atoms with Crippen LogP contribution in [0, 0.1) is 5.92 Å². The first-order valence-electron chi connectivity index (χ1n) is 9.34. The molecule has 0 aliphatic heterocycles. The van der Waals surface area contributed by atoms with E-state index in [9.17, 15) is 9.59 Å². The second-order valence-electron chi connectivity index (χ2n) is 6.75. The van der Waals surface area contributed by atoms with E-state index in [1.807, 2.05) is 36.6 Å². The summed E-state index contributed by atoms with van der Waals surface area (Å²) in [4.78, 5) is 25.1. The zero-order valence-corrected chi connectivity index (χ0v) is 16.5. The summed E-state index contributed by atoms with van der Waals surface area (Å²) < 4.78 is 4.87. The van der Waals surface area contributed by atoms with Gasteiger partial charge in [0.25, 0.3) is 0 Å². The number of anilines is 1. The Morgan fingerprint density at radius 3 is 2.50 bits per heavy atom. The van der Waals surface area contributed by atoms with Crippen LogP contribution in [0.4, 0.5) is 5.69 Å². The van der Waals surface area contributed by atoms with Crippen molar-refractivity contribution in [1.29, 1.82) is 0 Å². The minimum atomic E-state index is -0.594. The van der Waals surface area contributed by atoms with Gasteiger partial charge in [-0.15, -0.1) is 0 Å². The van der Waals surface area contributed by atoms with Gasteiger partial charge in [-0.3, -0.25) is 4.79 Å². The number of carbonyl (C=O) groups excluding carboxylic acids is 2. The van der Waals surface area contributed by atoms with E-state index in [1.54, 1.807) is 11.8 Å². The summed E-state index contributed by atoms with van der Waals surface area (Å²) in [6, 6.07) is 8.87. The van der Waals surface area contributed by atoms with Gasteiger partial charge in [-0.25, -0.2) is 4.79 Å². The van der Waals surface area contributed by atoms with E-state index in [0.717, 1.165) is 37.1 Å². The average Bonchev–Trinajstić information content (AvgIpc) is 2.70. The monoisotopic (exact) mass is 378 g/mol. The van der Waals surface area contributed by atoms with Crippen molar-refractivity contribution in [3.05, 3.63) is 30.3 Å². The third-order valence-electron chi connectivity index (χ3n) is 4.91. The fraction of sp³-hybridized carbons (Fsp3) is 0.600. The number of hydrogen-bond donors (Lipinski definition) is 2. The summed E-state index contributed by atoms with van der Waals surface area (Å²) in [5, 5.41) is 6.33. The Balaban J connectivity index is 2.11. The van der Waals surface area contributed by atoms with E-state index in [0.29, 0.717) is 6.42 Å². The van der Waals surface area contributed by atoms with Crippen molar-refractivity contribution in [2.45, 2.75) is 50.6 Å². The van der Waals surface area contributed by atoms with E-state index >= 15 is 0 Å². The fourth-order valence-electron chi connectivity index (χ4n) is 3.47. The molecule has 5 nitrogen and oxygen atoms in total. The number of hydrogen-bond acceptors (Lipinski definition) is 5. The first-order chi connectivity index (χ1) is 12.7. The summed E-state index contributed by atoms with van der Waals surface area (Å²) in [5.41, 5.74) is 0.928. The Morgan fingerprint density at radius 1 is 1.19 bits per heavy atom. The molecule has 2 unspecified atom stereocenters. The van der Waals surface area contributed by atoms with Crippen molar-refractivity contribution >= 4 is 29.3 Å². The van der Waals surface area contributed by atoms with Crippen molar-refractivity contribution in [3.63, 3.8) is 0 Å². The summed E-state index contributed by atoms with van der Waals surface area (Å²) in [6.45, 7) is 0. The highest BCUT2D eigenvalue weighted by atomic mass is 32.2. The largest absolute Gasteiger partial charge is 0.467 e. The lowest BCUT2D eigenvalue weighted by molar-refractivity contribution is -0.145. The van der Waals surface area contributed by atoms with E-state index in [-0.39, 0.29) is 23.8 Å². The molecular weight excluding hydrogens is 348 g/mol. The highest BCUT2D eigenvalue weighted by molar-refractivity contribution is 7.98. The molecule has 2 atom stereocenters. The molecule has 1 fully saturated rings. The van der Waals surface area contributed by atoms with E-state index in [4.69, 9.17) is 4.74 Å². The predicted molar refractivity (Wildman–Crippen MR) is 107 cm³/mol. The van der Waals surface area contributed by atoms with Gasteiger partial charge in [-0.05, 0) is 49.3 Å². The number of esters is 1. The summed E-state index contributed by atoms with van der Waals surface area (Å²) in [6.07, 6.45) is 8.15. The van der Waals surface area contributed by atoms with Gasteiger partial charge >= 0.3 is 5.97 Å². The van der Waals surface area contributed by atoms with Gasteiger partial charge in [-0.1, -0.05) is 37.5 Å². The van der Waals surface area contributed by atoms with Gasteiger partial charge in [0.1, 0.15) is 12.1 Å². The van der Waals surface area contributed by atoms with E-state index < -0.39 is 6.04 Å². The minimum absolute atomic E-state index is 0.114. The number of ether oxygens (including phenoxy) is 1. The summed E-state index contributed by atoms with van der Waals surface area (Å²) in [7, 11) is 1.36. The average molecular weight is 379 g/mol. The first kappa shape index (κ1) is 20.6. The smallest absolute Gasteiger partial charge is 0.328 e. The quantitative estimate of drug-likeness (QED) is 0.644. The highest BCUT2D eigenvalue weighted by Gasteiger charge is 2.32. The predicted octanol–water partition coefficient (Wildman–Crippen LogP) is 3.46. The molecule has 1 aromatic rings. The van der Waals surface area contributed by atoms with Crippen LogP contribution < -0.4 is 10.6 Å². The fourth-order valence-corrected chi connectivity index (χ4v) is 3.94. The second-order valence-corrected chi connectivity index (χ2v) is 7.74. The maximum Gasteiger partial charge on any atom is 0.328 e. The SMILES string of the molecule is COC(=O)C(CCSC)NC(=O)C(Nc1ccccc1)C1CCCCC1. The zero-order chi connectivity index (χ0) is 18.8. The molecule has 0 radical (unpaired) electrons. The van der Waals surface area contributed by atoms with Crippen LogP contribution in [0.5, 0.6) is 0 Å². The number of rotatable bonds is 9. The molecule has 1 amide bonds. The molecule has 144 valence electrons. The summed E-state index contributed by atoms with van der Waals surface area (Å²) >= 11 is 1.65. The van der Waals surface area contributed by atoms with Crippen LogP contribution in [-0.4, -0.2) is 43.1 Å². The number of thioether (sulfide) groups is 1. The summed E-state index contributed by atoms with van der Waals surface area (Å²) in [5.74, 6) is 0.579. The Labute approximate surface area is 160 Å². The molecule has 0 spiro atoms. The molecule has 1 aliphatic rings. The van der Waals surface area contributed by atoms with Crippen LogP contribution in [0.1, 0.15) is 38.5 Å². The number of methoxy groups -OCH3 is 1. The number of benzene rings is 1. The normalized spacial score (nSPS) is 17.2. The third kappa shape index (κ3) is 6.24. The maximum atomic E-state index is 13.1. The van der Waals surface area contributed by atoms with Crippen LogP contribution >= 0.6 is 11.8 Å². The van der Waals surface area contributed by atoms with Crippen LogP contribution in [0.3, 0.4) is 0 Å². The van der Waals surface area contributed by atoms with Crippen molar-refractivity contribution in [1.82, 2.24) is 5.32 Å². The molecule has 1 aliphatic carbocycles. The lowest BCUT2D eigenvalue weighted by Gasteiger charge is -2.31. The molecule has 0 bridgehead atoms. The molecule has 1 saturated carbocycles. The highest BCUT2D eigenvalue weighted by Crippen LogP contribution is 2.28. The van der Waals surface area contributed by atoms with Crippen molar-refractivity contribution in [2.24, 2.45) is 5.92 Å². The van der Waals surface area contributed by atoms with E-state index in [2.05, 4.69) is 10.6 Å². The van der Waals surface area contributed by atoms with Crippen LogP contribution in [0.25, 0.3) is 0 Å². The molecule has 1 aromatic carbocycles. The molecule has 2 rings (SSSR count). The van der Waals surface area contributed by atoms with E-state index in [1.165, 1.54) is 13.5 Å². The van der Waals surface area contributed by atoms with Crippen LogP contribution in [-0.2, 0) is 14.3 Å². The number of nitrogens with one attached hydrogen (secondary N) is 2. The standard InChI is InChI=1S/C20H30N2O3S/c1-25-20(24)17(13-14-26-2)22-19(23)18(15-9-5-3-6-10-15)21-16-11-7-4-8-12-16/h4,7-8,11-12,15,17-18,21H,3,5-6,9-10,13-14H2,1-2H3,(H,22,23). The Morgan fingerprint density at radius 2 is 1.88 bits per heavy atom. The number of amides is 1. The molecular formula is C20H30N2O3S. The third-order valence-corrected chi connectivity index (χ3v) is 5.56.